The van der Waals surface area contributed by atoms with E-state index in [-0.39, 0.29) is 0 Å². The van der Waals surface area contributed by atoms with Crippen LogP contribution in [0.25, 0.3) is 11.6 Å². The Morgan fingerprint density at radius 1 is 1.10 bits per heavy atom. The van der Waals surface area contributed by atoms with Gasteiger partial charge in [-0.2, -0.15) is 0 Å². The molecule has 2 aromatic carbocycles. The van der Waals surface area contributed by atoms with E-state index in [1.54, 1.807) is 0 Å². The van der Waals surface area contributed by atoms with E-state index >= 15 is 0 Å². The van der Waals surface area contributed by atoms with Gasteiger partial charge in [0.1, 0.15) is 0 Å². The summed E-state index contributed by atoms with van der Waals surface area (Å²) in [5.74, 6) is 1.23. The Morgan fingerprint density at radius 3 is 2.62 bits per heavy atom. The summed E-state index contributed by atoms with van der Waals surface area (Å²) in [4.78, 5) is 1.46. The molecular weight excluding hydrogens is 272 g/mol. The Bertz CT molecular complexity index is 665. The van der Waals surface area contributed by atoms with Gasteiger partial charge in [-0.05, 0) is 52.8 Å². The quantitative estimate of drug-likeness (QED) is 0.610. The Balaban J connectivity index is 1.98. The van der Waals surface area contributed by atoms with Crippen LogP contribution in [-0.2, 0) is 5.41 Å². The molecule has 0 amide bonds. The molecule has 0 radical (unpaired) electrons. The molecule has 0 aromatic heterocycles. The van der Waals surface area contributed by atoms with Gasteiger partial charge in [-0.15, -0.1) is 11.8 Å². The highest BCUT2D eigenvalue weighted by Crippen LogP contribution is 2.42. The van der Waals surface area contributed by atoms with Crippen molar-refractivity contribution in [2.24, 2.45) is 0 Å². The second kappa shape index (κ2) is 5.73. The van der Waals surface area contributed by atoms with Gasteiger partial charge in [-0.1, -0.05) is 62.4 Å². The van der Waals surface area contributed by atoms with Crippen LogP contribution in [0, 0.1) is 0 Å². The van der Waals surface area contributed by atoms with Crippen LogP contribution in [0.4, 0.5) is 0 Å². The van der Waals surface area contributed by atoms with Crippen molar-refractivity contribution in [2.45, 2.75) is 37.5 Å². The fourth-order valence-corrected chi connectivity index (χ4v) is 4.36. The van der Waals surface area contributed by atoms with Crippen molar-refractivity contribution in [3.8, 4) is 0 Å². The van der Waals surface area contributed by atoms with E-state index in [0.29, 0.717) is 5.41 Å². The van der Waals surface area contributed by atoms with Gasteiger partial charge in [-0.25, -0.2) is 0 Å². The average molecular weight is 294 g/mol. The molecule has 1 aliphatic rings. The Labute approximate surface area is 132 Å². The molecule has 0 fully saturated rings. The smallest absolute Gasteiger partial charge is 0.0110 e. The van der Waals surface area contributed by atoms with Gasteiger partial charge in [0.25, 0.3) is 0 Å². The van der Waals surface area contributed by atoms with E-state index in [0.717, 1.165) is 0 Å². The molecular formula is C20H22S. The van der Waals surface area contributed by atoms with Crippen molar-refractivity contribution in [1.82, 2.24) is 0 Å². The topological polar surface area (TPSA) is 0 Å². The first-order valence-corrected chi connectivity index (χ1v) is 8.56. The van der Waals surface area contributed by atoms with Crippen molar-refractivity contribution < 1.29 is 0 Å². The lowest BCUT2D eigenvalue weighted by Gasteiger charge is -2.32. The molecule has 1 heteroatoms. The minimum atomic E-state index is 0.297. The maximum atomic E-state index is 2.38. The zero-order valence-corrected chi connectivity index (χ0v) is 13.8. The predicted molar refractivity (Wildman–Crippen MR) is 94.8 cm³/mol. The number of benzene rings is 2. The molecule has 0 atom stereocenters. The van der Waals surface area contributed by atoms with Gasteiger partial charge in [0.15, 0.2) is 0 Å². The lowest BCUT2D eigenvalue weighted by atomic mass is 9.81. The first kappa shape index (κ1) is 14.5. The first-order valence-electron chi connectivity index (χ1n) is 7.57. The second-order valence-electron chi connectivity index (χ2n) is 6.43. The maximum Gasteiger partial charge on any atom is 0.0110 e. The number of hydrogen-bond acceptors (Lipinski definition) is 1. The van der Waals surface area contributed by atoms with Gasteiger partial charge in [-0.3, -0.25) is 0 Å². The number of rotatable bonds is 2. The molecule has 21 heavy (non-hydrogen) atoms. The first-order chi connectivity index (χ1) is 10.1. The normalized spacial score (nSPS) is 17.4. The third-order valence-electron chi connectivity index (χ3n) is 4.33. The molecule has 0 aliphatic carbocycles. The Kier molecular flexibility index (Phi) is 3.95. The molecule has 0 saturated carbocycles. The minimum absolute atomic E-state index is 0.297. The average Bonchev–Trinajstić information content (AvgIpc) is 2.48. The molecule has 1 aliphatic heterocycles. The van der Waals surface area contributed by atoms with E-state index in [2.05, 4.69) is 75.4 Å². The van der Waals surface area contributed by atoms with E-state index in [9.17, 15) is 0 Å². The van der Waals surface area contributed by atoms with Crippen LogP contribution in [0.2, 0.25) is 0 Å². The summed E-state index contributed by atoms with van der Waals surface area (Å²) in [5.41, 5.74) is 5.73. The summed E-state index contributed by atoms with van der Waals surface area (Å²) in [7, 11) is 0. The summed E-state index contributed by atoms with van der Waals surface area (Å²) in [6.07, 6.45) is 3.56. The largest absolute Gasteiger partial charge is 0.126 e. The lowest BCUT2D eigenvalue weighted by Crippen LogP contribution is -2.22. The monoisotopic (exact) mass is 294 g/mol. The molecule has 0 saturated heterocycles. The van der Waals surface area contributed by atoms with Gasteiger partial charge >= 0.3 is 0 Å². The highest BCUT2D eigenvalue weighted by atomic mass is 32.2. The molecule has 0 spiro atoms. The molecule has 0 nitrogen and oxygen atoms in total. The molecule has 108 valence electrons. The summed E-state index contributed by atoms with van der Waals surface area (Å²) in [5, 5.41) is 0. The van der Waals surface area contributed by atoms with Crippen molar-refractivity contribution >= 4 is 23.4 Å². The van der Waals surface area contributed by atoms with Crippen LogP contribution in [0.5, 0.6) is 0 Å². The SMILES string of the molecule is CC(=Cc1ccc2c(c1)C(C)(C)CCS2)c1ccccc1. The van der Waals surface area contributed by atoms with Crippen LogP contribution < -0.4 is 0 Å². The van der Waals surface area contributed by atoms with Crippen LogP contribution in [0.1, 0.15) is 43.9 Å². The van der Waals surface area contributed by atoms with Crippen molar-refractivity contribution in [1.29, 1.82) is 0 Å². The fraction of sp³-hybridized carbons (Fsp3) is 0.300. The molecule has 0 N–H and O–H groups in total. The highest BCUT2D eigenvalue weighted by molar-refractivity contribution is 7.99. The second-order valence-corrected chi connectivity index (χ2v) is 7.57. The lowest BCUT2D eigenvalue weighted by molar-refractivity contribution is 0.494. The van der Waals surface area contributed by atoms with E-state index < -0.39 is 0 Å². The van der Waals surface area contributed by atoms with Gasteiger partial charge < -0.3 is 0 Å². The number of thioether (sulfide) groups is 1. The van der Waals surface area contributed by atoms with Gasteiger partial charge in [0.2, 0.25) is 0 Å². The molecule has 3 rings (SSSR count). The summed E-state index contributed by atoms with van der Waals surface area (Å²) in [6, 6.07) is 17.5. The zero-order valence-electron chi connectivity index (χ0n) is 13.0. The van der Waals surface area contributed by atoms with Gasteiger partial charge in [0, 0.05) is 4.90 Å². The van der Waals surface area contributed by atoms with Gasteiger partial charge in [0.05, 0.1) is 0 Å². The van der Waals surface area contributed by atoms with Crippen LogP contribution in [0.15, 0.2) is 53.4 Å². The number of allylic oxidation sites excluding steroid dienone is 1. The van der Waals surface area contributed by atoms with Crippen molar-refractivity contribution in [2.75, 3.05) is 5.75 Å². The van der Waals surface area contributed by atoms with E-state index in [1.165, 1.54) is 39.3 Å². The minimum Gasteiger partial charge on any atom is -0.126 e. The Morgan fingerprint density at radius 2 is 1.86 bits per heavy atom. The predicted octanol–water partition coefficient (Wildman–Crippen LogP) is 6.02. The van der Waals surface area contributed by atoms with Crippen LogP contribution in [0.3, 0.4) is 0 Å². The molecule has 0 unspecified atom stereocenters. The third kappa shape index (κ3) is 3.08. The molecule has 2 aromatic rings. The fourth-order valence-electron chi connectivity index (χ4n) is 2.88. The maximum absolute atomic E-state index is 2.38. The summed E-state index contributed by atoms with van der Waals surface area (Å²) >= 11 is 1.99. The van der Waals surface area contributed by atoms with Crippen LogP contribution in [-0.4, -0.2) is 5.75 Å². The Hall–Kier alpha value is -1.47. The van der Waals surface area contributed by atoms with E-state index in [4.69, 9.17) is 0 Å². The molecule has 0 bridgehead atoms. The van der Waals surface area contributed by atoms with Crippen molar-refractivity contribution in [3.63, 3.8) is 0 Å². The van der Waals surface area contributed by atoms with Crippen LogP contribution >= 0.6 is 11.8 Å². The third-order valence-corrected chi connectivity index (χ3v) is 5.40. The molecule has 1 heterocycles. The highest BCUT2D eigenvalue weighted by Gasteiger charge is 2.27. The summed E-state index contributed by atoms with van der Waals surface area (Å²) in [6.45, 7) is 6.92. The standard InChI is InChI=1S/C20H22S/c1-15(17-7-5-4-6-8-17)13-16-9-10-19-18(14-16)20(2,3)11-12-21-19/h4-10,13-14H,11-12H2,1-3H3. The summed E-state index contributed by atoms with van der Waals surface area (Å²) < 4.78 is 0. The number of fused-ring (bicyclic) bond motifs is 1. The zero-order chi connectivity index (χ0) is 14.9. The van der Waals surface area contributed by atoms with Crippen molar-refractivity contribution in [3.05, 3.63) is 65.2 Å². The number of hydrogen-bond donors (Lipinski definition) is 0. The van der Waals surface area contributed by atoms with E-state index in [1.807, 2.05) is 11.8 Å².